The number of rotatable bonds is 19. The number of aliphatic hydroxyl groups excluding tert-OH is 2. The van der Waals surface area contributed by atoms with Crippen LogP contribution in [0.2, 0.25) is 0 Å². The average molecular weight is 671 g/mol. The van der Waals surface area contributed by atoms with Crippen molar-refractivity contribution in [3.05, 3.63) is 70.3 Å². The third kappa shape index (κ3) is 10.6. The molecule has 4 heterocycles. The number of pyridine rings is 2. The summed E-state index contributed by atoms with van der Waals surface area (Å²) in [5.41, 5.74) is 3.94. The zero-order valence-electron chi connectivity index (χ0n) is 28.4. The molecule has 3 atom stereocenters. The van der Waals surface area contributed by atoms with E-state index in [2.05, 4.69) is 15.6 Å². The lowest BCUT2D eigenvalue weighted by Gasteiger charge is -2.16. The van der Waals surface area contributed by atoms with Gasteiger partial charge in [-0.2, -0.15) is 4.98 Å². The van der Waals surface area contributed by atoms with Gasteiger partial charge < -0.3 is 39.8 Å². The van der Waals surface area contributed by atoms with Crippen molar-refractivity contribution in [1.29, 1.82) is 0 Å². The van der Waals surface area contributed by atoms with Crippen molar-refractivity contribution in [3.63, 3.8) is 0 Å². The van der Waals surface area contributed by atoms with Crippen LogP contribution in [0.1, 0.15) is 47.0 Å². The Labute approximate surface area is 281 Å². The molecule has 4 rings (SSSR count). The van der Waals surface area contributed by atoms with Gasteiger partial charge in [-0.25, -0.2) is 13.9 Å². The lowest BCUT2D eigenvalue weighted by atomic mass is 9.99. The molecule has 1 aliphatic heterocycles. The van der Waals surface area contributed by atoms with Gasteiger partial charge in [0.2, 0.25) is 0 Å². The molecule has 0 saturated carbocycles. The van der Waals surface area contributed by atoms with Crippen LogP contribution >= 0.6 is 0 Å². The second kappa shape index (κ2) is 18.7. The van der Waals surface area contributed by atoms with Crippen molar-refractivity contribution in [2.24, 2.45) is 14.1 Å². The third-order valence-corrected chi connectivity index (χ3v) is 8.03. The minimum Gasteiger partial charge on any atom is -0.394 e. The van der Waals surface area contributed by atoms with Crippen LogP contribution in [0.25, 0.3) is 11.1 Å². The van der Waals surface area contributed by atoms with Crippen LogP contribution in [0, 0.1) is 13.8 Å². The minimum absolute atomic E-state index is 0.109. The molecular weight excluding hydrogens is 620 g/mol. The molecule has 4 N–H and O–H groups in total. The molecule has 0 aliphatic carbocycles. The Morgan fingerprint density at radius 1 is 0.958 bits per heavy atom. The Morgan fingerprint density at radius 3 is 2.25 bits per heavy atom. The highest BCUT2D eigenvalue weighted by Gasteiger charge is 2.35. The first-order valence-electron chi connectivity index (χ1n) is 16.4. The molecule has 48 heavy (non-hydrogen) atoms. The summed E-state index contributed by atoms with van der Waals surface area (Å²) < 4.78 is 27.7. The number of nitrogens with one attached hydrogen (secondary N) is 2. The molecule has 3 aromatic rings. The Bertz CT molecular complexity index is 1550. The maximum Gasteiger partial charge on any atom is 0.351 e. The van der Waals surface area contributed by atoms with Crippen LogP contribution < -0.4 is 25.5 Å². The van der Waals surface area contributed by atoms with E-state index in [4.69, 9.17) is 18.9 Å². The Kier molecular flexibility index (Phi) is 14.4. The third-order valence-electron chi connectivity index (χ3n) is 8.03. The molecule has 3 unspecified atom stereocenters. The number of ether oxygens (including phenoxy) is 4. The van der Waals surface area contributed by atoms with Gasteiger partial charge in [-0.3, -0.25) is 9.36 Å². The van der Waals surface area contributed by atoms with E-state index >= 15 is 0 Å². The number of hydrogen-bond donors (Lipinski definition) is 4. The van der Waals surface area contributed by atoms with Crippen LogP contribution in [0.4, 0.5) is 5.82 Å². The molecule has 1 amide bonds. The molecule has 3 aromatic heterocycles. The van der Waals surface area contributed by atoms with Crippen molar-refractivity contribution in [3.8, 4) is 11.1 Å². The van der Waals surface area contributed by atoms with E-state index in [1.54, 1.807) is 6.20 Å². The molecule has 0 spiro atoms. The van der Waals surface area contributed by atoms with Crippen LogP contribution in [0.15, 0.2) is 47.9 Å². The Morgan fingerprint density at radius 2 is 1.58 bits per heavy atom. The summed E-state index contributed by atoms with van der Waals surface area (Å²) >= 11 is 0. The van der Waals surface area contributed by atoms with Crippen molar-refractivity contribution in [2.75, 3.05) is 64.7 Å². The Balaban J connectivity index is 1.01. The van der Waals surface area contributed by atoms with Gasteiger partial charge in [0.05, 0.1) is 55.8 Å². The lowest BCUT2D eigenvalue weighted by Crippen LogP contribution is -2.32. The topological polar surface area (TPSA) is 161 Å². The van der Waals surface area contributed by atoms with Gasteiger partial charge in [-0.1, -0.05) is 0 Å². The number of nitrogens with zero attached hydrogens (tertiary/aromatic N) is 4. The highest BCUT2D eigenvalue weighted by atomic mass is 16.5. The van der Waals surface area contributed by atoms with Gasteiger partial charge in [0, 0.05) is 56.6 Å². The number of amides is 1. The summed E-state index contributed by atoms with van der Waals surface area (Å²) in [5, 5.41) is 25.4. The molecule has 14 heteroatoms. The first kappa shape index (κ1) is 37.0. The molecule has 1 saturated heterocycles. The van der Waals surface area contributed by atoms with Crippen molar-refractivity contribution >= 4 is 11.7 Å². The molecule has 0 bridgehead atoms. The van der Waals surface area contributed by atoms with Crippen LogP contribution in [0.3, 0.4) is 0 Å². The van der Waals surface area contributed by atoms with Crippen molar-refractivity contribution < 1.29 is 43.1 Å². The minimum atomic E-state index is -0.825. The predicted molar refractivity (Wildman–Crippen MR) is 176 cm³/mol. The van der Waals surface area contributed by atoms with E-state index in [1.807, 2.05) is 74.0 Å². The van der Waals surface area contributed by atoms with E-state index in [0.717, 1.165) is 28.7 Å². The van der Waals surface area contributed by atoms with E-state index in [-0.39, 0.29) is 18.9 Å². The normalized spacial score (nSPS) is 17.5. The number of aliphatic hydroxyl groups is 2. The van der Waals surface area contributed by atoms with Crippen LogP contribution in [-0.2, 0) is 33.0 Å². The fourth-order valence-electron chi connectivity index (χ4n) is 5.36. The first-order valence-corrected chi connectivity index (χ1v) is 16.4. The predicted octanol–water partition coefficient (Wildman–Crippen LogP) is 0.489. The summed E-state index contributed by atoms with van der Waals surface area (Å²) in [7, 11) is 3.91. The highest BCUT2D eigenvalue weighted by Crippen LogP contribution is 2.28. The molecule has 1 fully saturated rings. The number of carbonyl (C=O) groups excluding carboxylic acids is 1. The van der Waals surface area contributed by atoms with Gasteiger partial charge in [0.15, 0.2) is 24.8 Å². The number of aromatic nitrogens is 4. The van der Waals surface area contributed by atoms with Crippen molar-refractivity contribution in [1.82, 2.24) is 14.9 Å². The van der Waals surface area contributed by atoms with E-state index in [1.165, 1.54) is 4.57 Å². The fourth-order valence-corrected chi connectivity index (χ4v) is 5.36. The van der Waals surface area contributed by atoms with Crippen LogP contribution in [0.5, 0.6) is 0 Å². The van der Waals surface area contributed by atoms with Crippen molar-refractivity contribution in [2.45, 2.75) is 51.5 Å². The largest absolute Gasteiger partial charge is 0.394 e. The average Bonchev–Trinajstić information content (AvgIpc) is 3.45. The molecule has 0 radical (unpaired) electrons. The van der Waals surface area contributed by atoms with Crippen LogP contribution in [-0.4, -0.2) is 97.2 Å². The zero-order chi connectivity index (χ0) is 34.5. The summed E-state index contributed by atoms with van der Waals surface area (Å²) in [4.78, 5) is 29.6. The number of hydrogen-bond acceptors (Lipinski definition) is 10. The van der Waals surface area contributed by atoms with E-state index in [9.17, 15) is 19.8 Å². The lowest BCUT2D eigenvalue weighted by molar-refractivity contribution is -0.672. The highest BCUT2D eigenvalue weighted by molar-refractivity contribution is 6.00. The first-order chi connectivity index (χ1) is 23.2. The van der Waals surface area contributed by atoms with E-state index < -0.39 is 24.1 Å². The zero-order valence-corrected chi connectivity index (χ0v) is 28.4. The molecular formula is C34H50N6O8+2. The van der Waals surface area contributed by atoms with E-state index in [0.29, 0.717) is 70.5 Å². The molecule has 14 nitrogen and oxygen atoms in total. The number of aryl methyl sites for hydroxylation is 4. The molecule has 0 aromatic carbocycles. The molecule has 1 aliphatic rings. The quantitative estimate of drug-likeness (QED) is 0.104. The van der Waals surface area contributed by atoms with Gasteiger partial charge in [0.25, 0.3) is 5.91 Å². The summed E-state index contributed by atoms with van der Waals surface area (Å²) in [5.74, 6) is 0.383. The van der Waals surface area contributed by atoms with Gasteiger partial charge >= 0.3 is 5.69 Å². The number of anilines is 1. The second-order valence-corrected chi connectivity index (χ2v) is 11.9. The summed E-state index contributed by atoms with van der Waals surface area (Å²) in [6.45, 7) is 7.53. The standard InChI is InChI=1S/C34H48N6O8/c1-24-7-11-38(3)21-27(24)28-22-39(4)12-8-26(28)33(43)36-10-6-14-46-16-18-47-17-15-45-13-5-9-35-32-25(2)20-40(34(44)37-32)31-19-29(42)30(23-41)48-31/h7-8,11-12,20-22,29-31,41-42H,5-6,9-10,13-19,23H2,1-4H3/p+2. The second-order valence-electron chi connectivity index (χ2n) is 11.9. The fraction of sp³-hybridized carbons (Fsp3) is 0.559. The van der Waals surface area contributed by atoms with Gasteiger partial charge in [-0.05, 0) is 32.3 Å². The smallest absolute Gasteiger partial charge is 0.351 e. The molecule has 262 valence electrons. The maximum atomic E-state index is 13.0. The maximum absolute atomic E-state index is 13.0. The monoisotopic (exact) mass is 670 g/mol. The SMILES string of the molecule is Cc1cc[n+](C)cc1-c1c[n+](C)ccc1C(=O)NCCCOCCOCCOCCCNc1nc(=O)n(C2CC(O)C(CO)O2)cc1C. The summed E-state index contributed by atoms with van der Waals surface area (Å²) in [6, 6.07) is 3.89. The Hall–Kier alpha value is -3.79. The van der Waals surface area contributed by atoms with Gasteiger partial charge in [-0.15, -0.1) is 0 Å². The van der Waals surface area contributed by atoms with Gasteiger partial charge in [0.1, 0.15) is 32.2 Å². The number of carbonyl (C=O) groups is 1. The summed E-state index contributed by atoms with van der Waals surface area (Å²) in [6.07, 6.45) is 8.98.